The Labute approximate surface area is 151 Å². The standard InChI is InChI=1S/C17H22ClN3O2S/c1-3-21(4-2)10-14-12-24-17(20-14)9-19-16(22)11-23-15-7-5-13(18)6-8-15/h5-8,12H,3-4,9-11H2,1-2H3,(H,19,22). The zero-order chi connectivity index (χ0) is 17.4. The SMILES string of the molecule is CCN(CC)Cc1csc(CNC(=O)COc2ccc(Cl)cc2)n1. The molecule has 24 heavy (non-hydrogen) atoms. The Balaban J connectivity index is 1.73. The maximum absolute atomic E-state index is 11.8. The number of nitrogens with one attached hydrogen (secondary N) is 1. The van der Waals surface area contributed by atoms with E-state index in [1.165, 1.54) is 0 Å². The second-order valence-corrected chi connectivity index (χ2v) is 6.59. The summed E-state index contributed by atoms with van der Waals surface area (Å²) in [4.78, 5) is 18.7. The molecule has 0 bridgehead atoms. The van der Waals surface area contributed by atoms with Gasteiger partial charge >= 0.3 is 0 Å². The Hall–Kier alpha value is -1.63. The molecule has 5 nitrogen and oxygen atoms in total. The Morgan fingerprint density at radius 2 is 2.00 bits per heavy atom. The van der Waals surface area contributed by atoms with E-state index in [4.69, 9.17) is 16.3 Å². The van der Waals surface area contributed by atoms with Gasteiger partial charge in [0.1, 0.15) is 10.8 Å². The van der Waals surface area contributed by atoms with Gasteiger partial charge in [0.05, 0.1) is 12.2 Å². The number of thiazole rings is 1. The Kier molecular flexibility index (Phi) is 7.49. The first-order valence-electron chi connectivity index (χ1n) is 7.91. The number of amides is 1. The lowest BCUT2D eigenvalue weighted by Crippen LogP contribution is -2.28. The summed E-state index contributed by atoms with van der Waals surface area (Å²) in [6, 6.07) is 6.91. The molecule has 130 valence electrons. The number of ether oxygens (including phenoxy) is 1. The summed E-state index contributed by atoms with van der Waals surface area (Å²) in [6.45, 7) is 7.52. The largest absolute Gasteiger partial charge is 0.484 e. The molecule has 0 atom stereocenters. The van der Waals surface area contributed by atoms with Gasteiger partial charge in [-0.05, 0) is 37.4 Å². The summed E-state index contributed by atoms with van der Waals surface area (Å²) in [7, 11) is 0. The summed E-state index contributed by atoms with van der Waals surface area (Å²) in [5.41, 5.74) is 1.05. The number of carbonyl (C=O) groups is 1. The first-order chi connectivity index (χ1) is 11.6. The van der Waals surface area contributed by atoms with E-state index in [1.54, 1.807) is 35.6 Å². The quantitative estimate of drug-likeness (QED) is 0.738. The van der Waals surface area contributed by atoms with E-state index in [0.717, 1.165) is 30.3 Å². The molecule has 2 rings (SSSR count). The van der Waals surface area contributed by atoms with E-state index in [2.05, 4.69) is 29.0 Å². The molecule has 0 aliphatic carbocycles. The van der Waals surface area contributed by atoms with Crippen LogP contribution in [0.3, 0.4) is 0 Å². The number of halogens is 1. The number of carbonyl (C=O) groups excluding carboxylic acids is 1. The molecular formula is C17H22ClN3O2S. The minimum absolute atomic E-state index is 0.0285. The van der Waals surface area contributed by atoms with Crippen molar-refractivity contribution in [3.05, 3.63) is 45.4 Å². The predicted octanol–water partition coefficient (Wildman–Crippen LogP) is 3.33. The van der Waals surface area contributed by atoms with Crippen LogP contribution in [0.5, 0.6) is 5.75 Å². The van der Waals surface area contributed by atoms with Gasteiger partial charge in [-0.25, -0.2) is 4.98 Å². The van der Waals surface area contributed by atoms with Crippen LogP contribution < -0.4 is 10.1 Å². The van der Waals surface area contributed by atoms with E-state index in [9.17, 15) is 4.79 Å². The van der Waals surface area contributed by atoms with E-state index in [1.807, 2.05) is 5.38 Å². The first kappa shape index (κ1) is 18.7. The third-order valence-electron chi connectivity index (χ3n) is 3.50. The molecule has 1 aromatic heterocycles. The zero-order valence-electron chi connectivity index (χ0n) is 13.9. The average molecular weight is 368 g/mol. The molecule has 1 amide bonds. The summed E-state index contributed by atoms with van der Waals surface area (Å²) in [5.74, 6) is 0.441. The maximum Gasteiger partial charge on any atom is 0.258 e. The van der Waals surface area contributed by atoms with Crippen molar-refractivity contribution in [3.63, 3.8) is 0 Å². The molecule has 1 heterocycles. The van der Waals surface area contributed by atoms with Crippen molar-refractivity contribution >= 4 is 28.8 Å². The molecule has 1 aromatic carbocycles. The van der Waals surface area contributed by atoms with Gasteiger partial charge in [0.2, 0.25) is 0 Å². The number of aromatic nitrogens is 1. The molecule has 0 spiro atoms. The monoisotopic (exact) mass is 367 g/mol. The van der Waals surface area contributed by atoms with Gasteiger partial charge in [0.25, 0.3) is 5.91 Å². The van der Waals surface area contributed by atoms with Crippen LogP contribution in [0.1, 0.15) is 24.5 Å². The van der Waals surface area contributed by atoms with Crippen LogP contribution in [-0.2, 0) is 17.9 Å². The maximum atomic E-state index is 11.8. The number of benzene rings is 1. The van der Waals surface area contributed by atoms with Crippen molar-refractivity contribution in [2.24, 2.45) is 0 Å². The molecule has 7 heteroatoms. The fraction of sp³-hybridized carbons (Fsp3) is 0.412. The van der Waals surface area contributed by atoms with Crippen LogP contribution >= 0.6 is 22.9 Å². The first-order valence-corrected chi connectivity index (χ1v) is 9.17. The molecule has 1 N–H and O–H groups in total. The van der Waals surface area contributed by atoms with Crippen LogP contribution in [-0.4, -0.2) is 35.5 Å². The molecule has 0 aliphatic rings. The van der Waals surface area contributed by atoms with Gasteiger partial charge < -0.3 is 10.1 Å². The van der Waals surface area contributed by atoms with Crippen molar-refractivity contribution in [3.8, 4) is 5.75 Å². The second kappa shape index (κ2) is 9.61. The van der Waals surface area contributed by atoms with Crippen molar-refractivity contribution in [2.45, 2.75) is 26.9 Å². The van der Waals surface area contributed by atoms with Gasteiger partial charge in [-0.1, -0.05) is 25.4 Å². The molecular weight excluding hydrogens is 346 g/mol. The Morgan fingerprint density at radius 1 is 1.29 bits per heavy atom. The van der Waals surface area contributed by atoms with Gasteiger partial charge in [-0.3, -0.25) is 9.69 Å². The fourth-order valence-electron chi connectivity index (χ4n) is 2.08. The zero-order valence-corrected chi connectivity index (χ0v) is 15.5. The summed E-state index contributed by atoms with van der Waals surface area (Å²) < 4.78 is 5.40. The third kappa shape index (κ3) is 6.11. The molecule has 2 aromatic rings. The smallest absolute Gasteiger partial charge is 0.258 e. The number of rotatable bonds is 9. The van der Waals surface area contributed by atoms with Crippen molar-refractivity contribution in [1.29, 1.82) is 0 Å². The summed E-state index contributed by atoms with van der Waals surface area (Å²) in [6.07, 6.45) is 0. The van der Waals surface area contributed by atoms with Crippen LogP contribution in [0, 0.1) is 0 Å². The van der Waals surface area contributed by atoms with Crippen molar-refractivity contribution in [2.75, 3.05) is 19.7 Å². The van der Waals surface area contributed by atoms with Gasteiger partial charge in [0, 0.05) is 16.9 Å². The number of nitrogens with zero attached hydrogens (tertiary/aromatic N) is 2. The topological polar surface area (TPSA) is 54.5 Å². The minimum Gasteiger partial charge on any atom is -0.484 e. The third-order valence-corrected chi connectivity index (χ3v) is 4.65. The predicted molar refractivity (Wildman–Crippen MR) is 97.5 cm³/mol. The number of hydrogen-bond donors (Lipinski definition) is 1. The normalized spacial score (nSPS) is 10.8. The summed E-state index contributed by atoms with van der Waals surface area (Å²) >= 11 is 7.36. The second-order valence-electron chi connectivity index (χ2n) is 5.21. The molecule has 0 aliphatic heterocycles. The van der Waals surface area contributed by atoms with E-state index >= 15 is 0 Å². The lowest BCUT2D eigenvalue weighted by Gasteiger charge is -2.15. The highest BCUT2D eigenvalue weighted by Crippen LogP contribution is 2.15. The van der Waals surface area contributed by atoms with Crippen molar-refractivity contribution < 1.29 is 9.53 Å². The van der Waals surface area contributed by atoms with Crippen molar-refractivity contribution in [1.82, 2.24) is 15.2 Å². The number of hydrogen-bond acceptors (Lipinski definition) is 5. The van der Waals surface area contributed by atoms with Gasteiger partial charge in [0.15, 0.2) is 6.61 Å². The van der Waals surface area contributed by atoms with Gasteiger partial charge in [-0.2, -0.15) is 0 Å². The van der Waals surface area contributed by atoms with Crippen LogP contribution in [0.15, 0.2) is 29.6 Å². The van der Waals surface area contributed by atoms with Crippen LogP contribution in [0.2, 0.25) is 5.02 Å². The minimum atomic E-state index is -0.176. The highest BCUT2D eigenvalue weighted by Gasteiger charge is 2.08. The summed E-state index contributed by atoms with van der Waals surface area (Å²) in [5, 5.41) is 6.40. The molecule has 0 unspecified atom stereocenters. The molecule has 0 saturated heterocycles. The van der Waals surface area contributed by atoms with Gasteiger partial charge in [-0.15, -0.1) is 11.3 Å². The van der Waals surface area contributed by atoms with E-state index in [-0.39, 0.29) is 12.5 Å². The van der Waals surface area contributed by atoms with E-state index in [0.29, 0.717) is 17.3 Å². The highest BCUT2D eigenvalue weighted by atomic mass is 35.5. The van der Waals surface area contributed by atoms with Crippen LogP contribution in [0.4, 0.5) is 0 Å². The lowest BCUT2D eigenvalue weighted by atomic mass is 10.3. The molecule has 0 saturated carbocycles. The van der Waals surface area contributed by atoms with Crippen LogP contribution in [0.25, 0.3) is 0 Å². The fourth-order valence-corrected chi connectivity index (χ4v) is 2.93. The molecule has 0 fully saturated rings. The Morgan fingerprint density at radius 3 is 2.67 bits per heavy atom. The Bertz CT molecular complexity index is 642. The van der Waals surface area contributed by atoms with E-state index < -0.39 is 0 Å². The highest BCUT2D eigenvalue weighted by molar-refractivity contribution is 7.09. The lowest BCUT2D eigenvalue weighted by molar-refractivity contribution is -0.123. The average Bonchev–Trinajstić information content (AvgIpc) is 3.05. The molecule has 0 radical (unpaired) electrons.